The number of nitriles is 1. The highest BCUT2D eigenvalue weighted by molar-refractivity contribution is 5.71. The molecule has 96 valence electrons. The van der Waals surface area contributed by atoms with E-state index in [0.717, 1.165) is 22.4 Å². The van der Waals surface area contributed by atoms with Crippen molar-refractivity contribution in [2.75, 3.05) is 5.73 Å². The Balaban J connectivity index is 2.59. The van der Waals surface area contributed by atoms with Gasteiger partial charge in [-0.05, 0) is 42.2 Å². The molecule has 0 atom stereocenters. The van der Waals surface area contributed by atoms with Crippen LogP contribution in [-0.2, 0) is 0 Å². The van der Waals surface area contributed by atoms with Gasteiger partial charge >= 0.3 is 0 Å². The summed E-state index contributed by atoms with van der Waals surface area (Å²) in [6, 6.07) is 9.89. The zero-order valence-corrected chi connectivity index (χ0v) is 11.4. The van der Waals surface area contributed by atoms with E-state index in [1.807, 2.05) is 51.2 Å². The SMILES string of the molecule is Cc1ccc(N)cc1-c1cnc(C(C)C)c(C#N)c1. The lowest BCUT2D eigenvalue weighted by atomic mass is 9.97. The van der Waals surface area contributed by atoms with Crippen LogP contribution in [0.4, 0.5) is 5.69 Å². The molecule has 0 amide bonds. The molecule has 19 heavy (non-hydrogen) atoms. The Hall–Kier alpha value is -2.34. The van der Waals surface area contributed by atoms with Gasteiger partial charge in [-0.1, -0.05) is 19.9 Å². The summed E-state index contributed by atoms with van der Waals surface area (Å²) in [7, 11) is 0. The van der Waals surface area contributed by atoms with E-state index in [4.69, 9.17) is 5.73 Å². The number of hydrogen-bond donors (Lipinski definition) is 1. The molecule has 2 N–H and O–H groups in total. The van der Waals surface area contributed by atoms with E-state index in [1.54, 1.807) is 0 Å². The van der Waals surface area contributed by atoms with Gasteiger partial charge in [0.05, 0.1) is 11.3 Å². The first kappa shape index (κ1) is 13.1. The molecule has 0 spiro atoms. The molecule has 1 heterocycles. The van der Waals surface area contributed by atoms with Crippen molar-refractivity contribution >= 4 is 5.69 Å². The van der Waals surface area contributed by atoms with Crippen LogP contribution in [0.1, 0.15) is 36.6 Å². The normalized spacial score (nSPS) is 10.5. The second-order valence-electron chi connectivity index (χ2n) is 5.00. The third kappa shape index (κ3) is 2.58. The maximum absolute atomic E-state index is 9.25. The van der Waals surface area contributed by atoms with E-state index in [0.29, 0.717) is 11.3 Å². The first-order chi connectivity index (χ1) is 9.02. The van der Waals surface area contributed by atoms with Crippen LogP contribution in [0.3, 0.4) is 0 Å². The molecule has 3 heteroatoms. The predicted molar refractivity (Wildman–Crippen MR) is 77.6 cm³/mol. The highest BCUT2D eigenvalue weighted by atomic mass is 14.7. The van der Waals surface area contributed by atoms with Gasteiger partial charge in [0.1, 0.15) is 6.07 Å². The fourth-order valence-electron chi connectivity index (χ4n) is 2.12. The monoisotopic (exact) mass is 251 g/mol. The summed E-state index contributed by atoms with van der Waals surface area (Å²) in [5.74, 6) is 0.241. The summed E-state index contributed by atoms with van der Waals surface area (Å²) >= 11 is 0. The molecular formula is C16H17N3. The van der Waals surface area contributed by atoms with Gasteiger partial charge in [-0.25, -0.2) is 0 Å². The summed E-state index contributed by atoms with van der Waals surface area (Å²) < 4.78 is 0. The number of benzene rings is 1. The lowest BCUT2D eigenvalue weighted by molar-refractivity contribution is 0.818. The lowest BCUT2D eigenvalue weighted by Gasteiger charge is -2.11. The van der Waals surface area contributed by atoms with E-state index in [2.05, 4.69) is 11.1 Å². The number of nitrogens with zero attached hydrogens (tertiary/aromatic N) is 2. The quantitative estimate of drug-likeness (QED) is 0.829. The van der Waals surface area contributed by atoms with Crippen LogP contribution in [0.15, 0.2) is 30.5 Å². The fraction of sp³-hybridized carbons (Fsp3) is 0.250. The van der Waals surface area contributed by atoms with Crippen LogP contribution in [0, 0.1) is 18.3 Å². The van der Waals surface area contributed by atoms with Crippen LogP contribution in [0.5, 0.6) is 0 Å². The molecule has 0 radical (unpaired) electrons. The van der Waals surface area contributed by atoms with Crippen LogP contribution in [0.25, 0.3) is 11.1 Å². The minimum Gasteiger partial charge on any atom is -0.399 e. The number of rotatable bonds is 2. The Morgan fingerprint density at radius 2 is 2.00 bits per heavy atom. The molecule has 2 aromatic rings. The van der Waals surface area contributed by atoms with E-state index in [1.165, 1.54) is 0 Å². The van der Waals surface area contributed by atoms with Gasteiger partial charge in [-0.2, -0.15) is 5.26 Å². The first-order valence-electron chi connectivity index (χ1n) is 6.29. The third-order valence-corrected chi connectivity index (χ3v) is 3.16. The van der Waals surface area contributed by atoms with Gasteiger partial charge in [0.25, 0.3) is 0 Å². The number of anilines is 1. The van der Waals surface area contributed by atoms with Gasteiger partial charge in [0.15, 0.2) is 0 Å². The largest absolute Gasteiger partial charge is 0.399 e. The maximum atomic E-state index is 9.25. The Morgan fingerprint density at radius 3 is 2.63 bits per heavy atom. The van der Waals surface area contributed by atoms with Crippen molar-refractivity contribution in [3.63, 3.8) is 0 Å². The van der Waals surface area contributed by atoms with E-state index in [9.17, 15) is 5.26 Å². The Labute approximate surface area is 113 Å². The fourth-order valence-corrected chi connectivity index (χ4v) is 2.12. The molecule has 1 aromatic carbocycles. The van der Waals surface area contributed by atoms with Crippen LogP contribution in [0.2, 0.25) is 0 Å². The van der Waals surface area contributed by atoms with E-state index in [-0.39, 0.29) is 5.92 Å². The van der Waals surface area contributed by atoms with Crippen LogP contribution >= 0.6 is 0 Å². The maximum Gasteiger partial charge on any atom is 0.101 e. The summed E-state index contributed by atoms with van der Waals surface area (Å²) in [6.45, 7) is 6.10. The Bertz CT molecular complexity index is 652. The molecular weight excluding hydrogens is 234 g/mol. The zero-order valence-electron chi connectivity index (χ0n) is 11.4. The summed E-state index contributed by atoms with van der Waals surface area (Å²) in [6.07, 6.45) is 1.82. The van der Waals surface area contributed by atoms with Crippen molar-refractivity contribution in [1.82, 2.24) is 4.98 Å². The molecule has 0 saturated heterocycles. The molecule has 1 aromatic heterocycles. The second-order valence-corrected chi connectivity index (χ2v) is 5.00. The minimum atomic E-state index is 0.241. The highest BCUT2D eigenvalue weighted by Gasteiger charge is 2.11. The molecule has 0 unspecified atom stereocenters. The van der Waals surface area contributed by atoms with Crippen LogP contribution < -0.4 is 5.73 Å². The third-order valence-electron chi connectivity index (χ3n) is 3.16. The van der Waals surface area contributed by atoms with Crippen LogP contribution in [-0.4, -0.2) is 4.98 Å². The summed E-state index contributed by atoms with van der Waals surface area (Å²) in [5, 5.41) is 9.25. The second kappa shape index (κ2) is 5.11. The summed E-state index contributed by atoms with van der Waals surface area (Å²) in [5.41, 5.74) is 11.1. The Kier molecular flexibility index (Phi) is 3.52. The van der Waals surface area contributed by atoms with Crippen molar-refractivity contribution in [1.29, 1.82) is 5.26 Å². The number of pyridine rings is 1. The van der Waals surface area contributed by atoms with Crippen molar-refractivity contribution < 1.29 is 0 Å². The highest BCUT2D eigenvalue weighted by Crippen LogP contribution is 2.28. The van der Waals surface area contributed by atoms with Gasteiger partial charge in [-0.15, -0.1) is 0 Å². The number of nitrogens with two attached hydrogens (primary N) is 1. The number of hydrogen-bond acceptors (Lipinski definition) is 3. The average Bonchev–Trinajstić information content (AvgIpc) is 2.40. The van der Waals surface area contributed by atoms with Crippen molar-refractivity contribution in [3.8, 4) is 17.2 Å². The first-order valence-corrected chi connectivity index (χ1v) is 6.29. The molecule has 0 fully saturated rings. The molecule has 0 saturated carbocycles. The standard InChI is InChI=1S/C16H17N3/c1-10(2)16-12(8-17)6-13(9-19-16)15-7-14(18)5-4-11(15)3/h4-7,9-10H,18H2,1-3H3. The number of aryl methyl sites for hydroxylation is 1. The Morgan fingerprint density at radius 1 is 1.26 bits per heavy atom. The minimum absolute atomic E-state index is 0.241. The summed E-state index contributed by atoms with van der Waals surface area (Å²) in [4.78, 5) is 4.43. The molecule has 0 bridgehead atoms. The van der Waals surface area contributed by atoms with E-state index < -0.39 is 0 Å². The van der Waals surface area contributed by atoms with Crippen molar-refractivity contribution in [3.05, 3.63) is 47.3 Å². The number of aromatic nitrogens is 1. The van der Waals surface area contributed by atoms with Gasteiger partial charge in [-0.3, -0.25) is 4.98 Å². The lowest BCUT2D eigenvalue weighted by Crippen LogP contribution is -1.98. The van der Waals surface area contributed by atoms with Crippen molar-refractivity contribution in [2.45, 2.75) is 26.7 Å². The smallest absolute Gasteiger partial charge is 0.101 e. The zero-order chi connectivity index (χ0) is 14.0. The van der Waals surface area contributed by atoms with Crippen molar-refractivity contribution in [2.24, 2.45) is 0 Å². The molecule has 0 aliphatic rings. The molecule has 0 aliphatic carbocycles. The topological polar surface area (TPSA) is 62.7 Å². The van der Waals surface area contributed by atoms with Gasteiger partial charge in [0, 0.05) is 17.4 Å². The molecule has 2 rings (SSSR count). The molecule has 0 aliphatic heterocycles. The van der Waals surface area contributed by atoms with Gasteiger partial charge < -0.3 is 5.73 Å². The average molecular weight is 251 g/mol. The number of nitrogen functional groups attached to an aromatic ring is 1. The van der Waals surface area contributed by atoms with E-state index >= 15 is 0 Å². The van der Waals surface area contributed by atoms with Gasteiger partial charge in [0.2, 0.25) is 0 Å². The predicted octanol–water partition coefficient (Wildman–Crippen LogP) is 3.63. The molecule has 3 nitrogen and oxygen atoms in total.